The Bertz CT molecular complexity index is 2560. The fourth-order valence-corrected chi connectivity index (χ4v) is 6.32. The first kappa shape index (κ1) is 35.3. The molecular weight excluding hydrogens is 740 g/mol. The van der Waals surface area contributed by atoms with Gasteiger partial charge in [0, 0.05) is 23.2 Å². The van der Waals surface area contributed by atoms with E-state index in [2.05, 4.69) is 35.8 Å². The zero-order valence-electron chi connectivity index (χ0n) is 24.0. The minimum atomic E-state index is -5.38. The molecule has 256 valence electrons. The number of nitrogens with zero attached hydrogens (tertiary/aromatic N) is 5. The van der Waals surface area contributed by atoms with Crippen molar-refractivity contribution in [2.75, 3.05) is 10.6 Å². The highest BCUT2D eigenvalue weighted by atomic mass is 35.5. The van der Waals surface area contributed by atoms with Crippen LogP contribution in [0.3, 0.4) is 0 Å². The number of hydrogen-bond acceptors (Lipinski definition) is 14. The highest BCUT2D eigenvalue weighted by Crippen LogP contribution is 2.46. The predicted octanol–water partition coefficient (Wildman–Crippen LogP) is 5.61. The molecule has 1 heterocycles. The van der Waals surface area contributed by atoms with Crippen LogP contribution in [0.1, 0.15) is 5.56 Å². The van der Waals surface area contributed by atoms with Crippen molar-refractivity contribution in [3.8, 4) is 5.75 Å². The van der Waals surface area contributed by atoms with E-state index in [1.165, 1.54) is 0 Å². The average molecular weight is 758 g/mol. The number of phenols is 1. The van der Waals surface area contributed by atoms with Crippen molar-refractivity contribution in [2.45, 2.75) is 21.6 Å². The molecule has 0 fully saturated rings. The molecule has 6 N–H and O–H groups in total. The van der Waals surface area contributed by atoms with Crippen LogP contribution in [-0.2, 0) is 30.4 Å². The lowest BCUT2D eigenvalue weighted by atomic mass is 10.1. The number of rotatable bonds is 9. The van der Waals surface area contributed by atoms with Crippen LogP contribution in [0.4, 0.5) is 43.4 Å². The van der Waals surface area contributed by atoms with Gasteiger partial charge in [0.2, 0.25) is 17.2 Å². The van der Waals surface area contributed by atoms with Crippen LogP contribution < -0.4 is 10.6 Å². The quantitative estimate of drug-likeness (QED) is 0.0787. The third-order valence-electron chi connectivity index (χ3n) is 6.37. The van der Waals surface area contributed by atoms with Crippen molar-refractivity contribution in [1.82, 2.24) is 15.0 Å². The second-order valence-electron chi connectivity index (χ2n) is 9.87. The minimum absolute atomic E-state index is 0.0593. The minimum Gasteiger partial charge on any atom is -0.505 e. The third-order valence-corrected chi connectivity index (χ3v) is 9.12. The Labute approximate surface area is 279 Å². The monoisotopic (exact) mass is 757 g/mol. The molecule has 0 atom stereocenters. The lowest BCUT2D eigenvalue weighted by Gasteiger charge is -2.15. The fraction of sp³-hybridized carbons (Fsp3) is 0.0385. The summed E-state index contributed by atoms with van der Waals surface area (Å²) in [5.41, 5.74) is -1.22. The number of halogens is 3. The molecule has 1 aromatic heterocycles. The summed E-state index contributed by atoms with van der Waals surface area (Å²) in [5, 5.41) is 22.2. The molecule has 0 saturated carbocycles. The number of aromatic hydroxyl groups is 1. The van der Waals surface area contributed by atoms with E-state index in [4.69, 9.17) is 11.6 Å². The molecule has 0 unspecified atom stereocenters. The number of anilines is 4. The van der Waals surface area contributed by atoms with Crippen LogP contribution in [-0.4, -0.2) is 59.0 Å². The summed E-state index contributed by atoms with van der Waals surface area (Å²) < 4.78 is 129. The molecule has 5 aromatic rings. The van der Waals surface area contributed by atoms with E-state index in [1.54, 1.807) is 18.2 Å². The van der Waals surface area contributed by atoms with E-state index in [0.29, 0.717) is 17.8 Å². The van der Waals surface area contributed by atoms with E-state index in [0.717, 1.165) is 11.6 Å². The van der Waals surface area contributed by atoms with E-state index < -0.39 is 90.3 Å². The first-order valence-electron chi connectivity index (χ1n) is 12.9. The maximum Gasteiger partial charge on any atom is 0.296 e. The SMILES string of the molecule is Cc1cccc(Nc2nc(Cl)nc(Nc3cc(S(=O)(=O)O)cc4cc(S(=O)(=O)O)c(N=Nc5cc(F)c(F)cc5S(=O)(=O)O)c(O)c34)n2)c1. The Balaban J connectivity index is 1.74. The summed E-state index contributed by atoms with van der Waals surface area (Å²) in [7, 11) is -15.7. The van der Waals surface area contributed by atoms with Crippen LogP contribution in [0.5, 0.6) is 5.75 Å². The number of hydrogen-bond donors (Lipinski definition) is 6. The summed E-state index contributed by atoms with van der Waals surface area (Å²) in [6.07, 6.45) is 0. The summed E-state index contributed by atoms with van der Waals surface area (Å²) in [6, 6.07) is 9.31. The molecule has 0 radical (unpaired) electrons. The summed E-state index contributed by atoms with van der Waals surface area (Å²) in [5.74, 6) is -5.04. The second-order valence-corrected chi connectivity index (χ2v) is 14.4. The molecule has 23 heteroatoms. The van der Waals surface area contributed by atoms with Gasteiger partial charge in [0.15, 0.2) is 17.4 Å². The number of aromatic nitrogens is 3. The van der Waals surface area contributed by atoms with Gasteiger partial charge in [0.05, 0.1) is 10.6 Å². The highest BCUT2D eigenvalue weighted by molar-refractivity contribution is 7.86. The number of azo groups is 1. The summed E-state index contributed by atoms with van der Waals surface area (Å²) in [6.45, 7) is 1.82. The van der Waals surface area contributed by atoms with Gasteiger partial charge in [0.25, 0.3) is 30.4 Å². The molecule has 0 bridgehead atoms. The third kappa shape index (κ3) is 7.86. The Morgan fingerprint density at radius 3 is 2.00 bits per heavy atom. The van der Waals surface area contributed by atoms with Gasteiger partial charge in [-0.2, -0.15) is 40.2 Å². The Morgan fingerprint density at radius 1 is 0.755 bits per heavy atom. The van der Waals surface area contributed by atoms with Gasteiger partial charge in [-0.1, -0.05) is 12.1 Å². The summed E-state index contributed by atoms with van der Waals surface area (Å²) >= 11 is 6.07. The van der Waals surface area contributed by atoms with Crippen molar-refractivity contribution in [2.24, 2.45) is 10.2 Å². The van der Waals surface area contributed by atoms with Crippen LogP contribution in [0.25, 0.3) is 10.8 Å². The van der Waals surface area contributed by atoms with Crippen molar-refractivity contribution in [3.63, 3.8) is 0 Å². The molecule has 0 amide bonds. The average Bonchev–Trinajstić information content (AvgIpc) is 2.96. The normalized spacial score (nSPS) is 12.5. The highest BCUT2D eigenvalue weighted by Gasteiger charge is 2.27. The number of nitrogens with one attached hydrogen (secondary N) is 2. The van der Waals surface area contributed by atoms with E-state index in [9.17, 15) is 52.8 Å². The van der Waals surface area contributed by atoms with Gasteiger partial charge in [-0.25, -0.2) is 8.78 Å². The largest absolute Gasteiger partial charge is 0.505 e. The van der Waals surface area contributed by atoms with Crippen molar-refractivity contribution >= 4 is 87.4 Å². The van der Waals surface area contributed by atoms with Gasteiger partial charge < -0.3 is 15.7 Å². The number of phenolic OH excluding ortho intramolecular Hbond substituents is 1. The first-order chi connectivity index (χ1) is 22.7. The zero-order valence-corrected chi connectivity index (χ0v) is 27.2. The number of aryl methyl sites for hydroxylation is 1. The molecule has 17 nitrogen and oxygen atoms in total. The van der Waals surface area contributed by atoms with Crippen LogP contribution in [0, 0.1) is 18.6 Å². The molecular formula is C26H18ClF2N7O10S3. The molecule has 0 spiro atoms. The maximum absolute atomic E-state index is 14.0. The van der Waals surface area contributed by atoms with Crippen molar-refractivity contribution in [3.05, 3.63) is 77.1 Å². The Hall–Kier alpha value is -4.97. The lowest BCUT2D eigenvalue weighted by molar-refractivity contribution is 0.471. The second kappa shape index (κ2) is 12.8. The Morgan fingerprint density at radius 2 is 1.39 bits per heavy atom. The van der Waals surface area contributed by atoms with Crippen molar-refractivity contribution in [1.29, 1.82) is 0 Å². The topological polar surface area (TPSA) is 271 Å². The maximum atomic E-state index is 14.0. The van der Waals surface area contributed by atoms with E-state index in [-0.39, 0.29) is 29.3 Å². The Kier molecular flexibility index (Phi) is 9.24. The van der Waals surface area contributed by atoms with Gasteiger partial charge in [0.1, 0.15) is 21.2 Å². The molecule has 5 rings (SSSR count). The van der Waals surface area contributed by atoms with Crippen LogP contribution in [0.15, 0.2) is 79.5 Å². The van der Waals surface area contributed by atoms with Gasteiger partial charge in [-0.15, -0.1) is 10.2 Å². The number of benzene rings is 4. The van der Waals surface area contributed by atoms with Crippen LogP contribution >= 0.6 is 11.6 Å². The summed E-state index contributed by atoms with van der Waals surface area (Å²) in [4.78, 5) is 8.59. The fourth-order valence-electron chi connectivity index (χ4n) is 4.34. The predicted molar refractivity (Wildman–Crippen MR) is 168 cm³/mol. The van der Waals surface area contributed by atoms with Gasteiger partial charge >= 0.3 is 0 Å². The lowest BCUT2D eigenvalue weighted by Crippen LogP contribution is -2.06. The smallest absolute Gasteiger partial charge is 0.296 e. The zero-order chi connectivity index (χ0) is 36.1. The number of fused-ring (bicyclic) bond motifs is 1. The molecule has 0 aliphatic rings. The molecule has 0 saturated heterocycles. The van der Waals surface area contributed by atoms with Crippen molar-refractivity contribution < 1.29 is 52.8 Å². The molecule has 4 aromatic carbocycles. The van der Waals surface area contributed by atoms with E-state index in [1.807, 2.05) is 13.0 Å². The molecule has 0 aliphatic carbocycles. The molecule has 0 aliphatic heterocycles. The van der Waals surface area contributed by atoms with Crippen LogP contribution in [0.2, 0.25) is 5.28 Å². The van der Waals surface area contributed by atoms with E-state index >= 15 is 0 Å². The van der Waals surface area contributed by atoms with Gasteiger partial charge in [-0.05, 0) is 59.8 Å². The molecule has 49 heavy (non-hydrogen) atoms. The van der Waals surface area contributed by atoms with Gasteiger partial charge in [-0.3, -0.25) is 13.7 Å². The first-order valence-corrected chi connectivity index (χ1v) is 17.6. The standard InChI is InChI=1S/C26H18ClF2N7O10S3/c1-11-3-2-4-13(5-11)30-25-32-24(27)33-26(34-25)31-18-8-14(47(38,39)40)6-12-7-20(49(44,45)46)22(23(37)21(12)18)36-35-17-9-15(28)16(29)10-19(17)48(41,42)43/h2-10,37H,1H3,(H,38,39,40)(H,41,42,43)(H,44,45,46)(H2,30,31,32,33,34).